The van der Waals surface area contributed by atoms with Crippen LogP contribution >= 0.6 is 0 Å². The second-order valence-corrected chi connectivity index (χ2v) is 1.96. The first-order valence-electron chi connectivity index (χ1n) is 3.47. The maximum atomic E-state index is 4.84. The van der Waals surface area contributed by atoms with Crippen LogP contribution in [-0.4, -0.2) is 23.6 Å². The summed E-state index contributed by atoms with van der Waals surface area (Å²) in [5.41, 5.74) is 0. The molecule has 0 atom stereocenters. The molecule has 4 heteroatoms. The van der Waals surface area contributed by atoms with Crippen LogP contribution in [0.2, 0.25) is 0 Å². The average Bonchev–Trinajstić information content (AvgIpc) is 2.06. The summed E-state index contributed by atoms with van der Waals surface area (Å²) in [5, 5.41) is 3.05. The molecule has 1 aromatic heterocycles. The molecule has 0 unspecified atom stereocenters. The molecule has 0 aliphatic carbocycles. The van der Waals surface area contributed by atoms with Crippen molar-refractivity contribution in [2.75, 3.05) is 19.0 Å². The van der Waals surface area contributed by atoms with E-state index in [1.807, 2.05) is 6.92 Å². The first-order valence-corrected chi connectivity index (χ1v) is 3.47. The van der Waals surface area contributed by atoms with Crippen LogP contribution in [0, 0.1) is 0 Å². The molecule has 4 nitrogen and oxygen atoms in total. The zero-order chi connectivity index (χ0) is 8.10. The predicted octanol–water partition coefficient (Wildman–Crippen LogP) is 0.917. The van der Waals surface area contributed by atoms with Crippen LogP contribution in [-0.2, 0) is 0 Å². The zero-order valence-corrected chi connectivity index (χ0v) is 6.66. The van der Waals surface area contributed by atoms with Crippen LogP contribution in [0.25, 0.3) is 0 Å². The van der Waals surface area contributed by atoms with E-state index in [2.05, 4.69) is 15.3 Å². The standard InChI is InChI=1S/C7H11N3O/c1-3-8-6-4-5-9-7(10-6)11-2/h4-5H,3H2,1-2H3,(H,8,9,10). The predicted molar refractivity (Wildman–Crippen MR) is 42.7 cm³/mol. The molecule has 0 spiro atoms. The van der Waals surface area contributed by atoms with Crippen molar-refractivity contribution in [3.05, 3.63) is 12.3 Å². The molecule has 0 saturated heterocycles. The number of hydrogen-bond donors (Lipinski definition) is 1. The summed E-state index contributed by atoms with van der Waals surface area (Å²) in [6.07, 6.45) is 1.66. The minimum atomic E-state index is 0.392. The number of hydrogen-bond acceptors (Lipinski definition) is 4. The molecule has 1 rings (SSSR count). The molecule has 60 valence electrons. The fourth-order valence-electron chi connectivity index (χ4n) is 0.719. The molecule has 11 heavy (non-hydrogen) atoms. The monoisotopic (exact) mass is 153 g/mol. The molecule has 0 aromatic carbocycles. The van der Waals surface area contributed by atoms with Gasteiger partial charge in [-0.3, -0.25) is 0 Å². The number of ether oxygens (including phenoxy) is 1. The van der Waals surface area contributed by atoms with Gasteiger partial charge in [-0.05, 0) is 13.0 Å². The van der Waals surface area contributed by atoms with E-state index >= 15 is 0 Å². The Morgan fingerprint density at radius 2 is 2.45 bits per heavy atom. The second kappa shape index (κ2) is 3.75. The molecule has 0 saturated carbocycles. The Morgan fingerprint density at radius 1 is 1.64 bits per heavy atom. The minimum absolute atomic E-state index is 0.392. The van der Waals surface area contributed by atoms with E-state index in [1.165, 1.54) is 0 Å². The number of rotatable bonds is 3. The quantitative estimate of drug-likeness (QED) is 0.701. The van der Waals surface area contributed by atoms with Gasteiger partial charge in [-0.1, -0.05) is 0 Å². The van der Waals surface area contributed by atoms with Gasteiger partial charge in [-0.2, -0.15) is 4.98 Å². The van der Waals surface area contributed by atoms with Gasteiger partial charge in [0, 0.05) is 12.7 Å². The zero-order valence-electron chi connectivity index (χ0n) is 6.66. The van der Waals surface area contributed by atoms with Crippen LogP contribution in [0.5, 0.6) is 6.01 Å². The lowest BCUT2D eigenvalue weighted by molar-refractivity contribution is 0.380. The molecule has 1 N–H and O–H groups in total. The van der Waals surface area contributed by atoms with Gasteiger partial charge in [0.2, 0.25) is 0 Å². The van der Waals surface area contributed by atoms with Gasteiger partial charge in [0.1, 0.15) is 5.82 Å². The molecule has 1 heterocycles. The van der Waals surface area contributed by atoms with Gasteiger partial charge in [-0.25, -0.2) is 4.98 Å². The summed E-state index contributed by atoms with van der Waals surface area (Å²) in [6.45, 7) is 2.86. The third-order valence-electron chi connectivity index (χ3n) is 1.17. The highest BCUT2D eigenvalue weighted by molar-refractivity contribution is 5.33. The fourth-order valence-corrected chi connectivity index (χ4v) is 0.719. The smallest absolute Gasteiger partial charge is 0.318 e. The molecule has 0 amide bonds. The SMILES string of the molecule is CCNc1ccnc(OC)n1. The Kier molecular flexibility index (Phi) is 2.66. The Morgan fingerprint density at radius 3 is 3.09 bits per heavy atom. The van der Waals surface area contributed by atoms with Crippen LogP contribution in [0.1, 0.15) is 6.92 Å². The summed E-state index contributed by atoms with van der Waals surface area (Å²) in [6, 6.07) is 2.19. The maximum absolute atomic E-state index is 4.84. The van der Waals surface area contributed by atoms with Crippen LogP contribution in [0.4, 0.5) is 5.82 Å². The third-order valence-corrected chi connectivity index (χ3v) is 1.17. The Balaban J connectivity index is 2.74. The van der Waals surface area contributed by atoms with Gasteiger partial charge >= 0.3 is 6.01 Å². The summed E-state index contributed by atoms with van der Waals surface area (Å²) < 4.78 is 4.84. The van der Waals surface area contributed by atoms with Crippen molar-refractivity contribution in [3.8, 4) is 6.01 Å². The molecule has 0 fully saturated rings. The van der Waals surface area contributed by atoms with Crippen molar-refractivity contribution in [3.63, 3.8) is 0 Å². The second-order valence-electron chi connectivity index (χ2n) is 1.96. The number of methoxy groups -OCH3 is 1. The van der Waals surface area contributed by atoms with Crippen molar-refractivity contribution in [1.29, 1.82) is 0 Å². The maximum Gasteiger partial charge on any atom is 0.318 e. The summed E-state index contributed by atoms with van der Waals surface area (Å²) in [7, 11) is 1.55. The van der Waals surface area contributed by atoms with Crippen molar-refractivity contribution >= 4 is 5.82 Å². The number of aromatic nitrogens is 2. The molecular weight excluding hydrogens is 142 g/mol. The Labute approximate surface area is 65.6 Å². The average molecular weight is 153 g/mol. The van der Waals surface area contributed by atoms with Crippen molar-refractivity contribution in [2.24, 2.45) is 0 Å². The van der Waals surface area contributed by atoms with Gasteiger partial charge in [0.25, 0.3) is 0 Å². The minimum Gasteiger partial charge on any atom is -0.467 e. The topological polar surface area (TPSA) is 47.0 Å². The fraction of sp³-hybridized carbons (Fsp3) is 0.429. The largest absolute Gasteiger partial charge is 0.467 e. The Bertz CT molecular complexity index is 227. The van der Waals surface area contributed by atoms with E-state index in [0.29, 0.717) is 6.01 Å². The summed E-state index contributed by atoms with van der Waals surface area (Å²) in [5.74, 6) is 0.791. The van der Waals surface area contributed by atoms with Gasteiger partial charge in [0.15, 0.2) is 0 Å². The van der Waals surface area contributed by atoms with Crippen molar-refractivity contribution in [2.45, 2.75) is 6.92 Å². The van der Waals surface area contributed by atoms with Crippen LogP contribution < -0.4 is 10.1 Å². The highest BCUT2D eigenvalue weighted by Gasteiger charge is 1.94. The normalized spacial score (nSPS) is 9.27. The van der Waals surface area contributed by atoms with Crippen molar-refractivity contribution in [1.82, 2.24) is 9.97 Å². The Hall–Kier alpha value is -1.32. The number of anilines is 1. The van der Waals surface area contributed by atoms with E-state index in [1.54, 1.807) is 19.4 Å². The lowest BCUT2D eigenvalue weighted by atomic mass is 10.5. The van der Waals surface area contributed by atoms with Crippen LogP contribution in [0.15, 0.2) is 12.3 Å². The van der Waals surface area contributed by atoms with E-state index in [9.17, 15) is 0 Å². The number of nitrogens with zero attached hydrogens (tertiary/aromatic N) is 2. The summed E-state index contributed by atoms with van der Waals surface area (Å²) >= 11 is 0. The van der Waals surface area contributed by atoms with E-state index in [4.69, 9.17) is 4.74 Å². The van der Waals surface area contributed by atoms with Gasteiger partial charge < -0.3 is 10.1 Å². The molecule has 1 aromatic rings. The first kappa shape index (κ1) is 7.78. The lowest BCUT2D eigenvalue weighted by Gasteiger charge is -2.01. The molecule has 0 aliphatic heterocycles. The van der Waals surface area contributed by atoms with Crippen molar-refractivity contribution < 1.29 is 4.74 Å². The highest BCUT2D eigenvalue weighted by Crippen LogP contribution is 2.05. The molecule has 0 radical (unpaired) electrons. The number of nitrogens with one attached hydrogen (secondary N) is 1. The third kappa shape index (κ3) is 2.07. The first-order chi connectivity index (χ1) is 5.36. The summed E-state index contributed by atoms with van der Waals surface area (Å²) in [4.78, 5) is 7.90. The van der Waals surface area contributed by atoms with Gasteiger partial charge in [-0.15, -0.1) is 0 Å². The van der Waals surface area contributed by atoms with Gasteiger partial charge in [0.05, 0.1) is 7.11 Å². The molecular formula is C7H11N3O. The van der Waals surface area contributed by atoms with E-state index in [0.717, 1.165) is 12.4 Å². The molecule has 0 aliphatic rings. The lowest BCUT2D eigenvalue weighted by Crippen LogP contribution is -2.00. The van der Waals surface area contributed by atoms with E-state index < -0.39 is 0 Å². The van der Waals surface area contributed by atoms with Crippen LogP contribution in [0.3, 0.4) is 0 Å². The molecule has 0 bridgehead atoms. The van der Waals surface area contributed by atoms with E-state index in [-0.39, 0.29) is 0 Å². The highest BCUT2D eigenvalue weighted by atomic mass is 16.5.